The number of nitrogens with one attached hydrogen (secondary N) is 1. The van der Waals surface area contributed by atoms with E-state index in [1.54, 1.807) is 36.3 Å². The van der Waals surface area contributed by atoms with Gasteiger partial charge in [0, 0.05) is 35.9 Å². The van der Waals surface area contributed by atoms with Crippen LogP contribution in [0.1, 0.15) is 19.5 Å². The molecule has 2 heterocycles. The third kappa shape index (κ3) is 5.33. The van der Waals surface area contributed by atoms with E-state index in [4.69, 9.17) is 9.47 Å². The SMILES string of the molecule is CCOc1ccc(NC(=O)CN(C)Cc2cc(=O)n3ccsc3n2)cc1OCC. The Morgan fingerprint density at radius 1 is 1.21 bits per heavy atom. The number of likely N-dealkylation sites (N-methyl/N-ethyl adjacent to an activating group) is 1. The van der Waals surface area contributed by atoms with Gasteiger partial charge < -0.3 is 14.8 Å². The summed E-state index contributed by atoms with van der Waals surface area (Å²) in [4.78, 5) is 31.4. The molecule has 0 aliphatic carbocycles. The van der Waals surface area contributed by atoms with E-state index in [1.807, 2.05) is 19.2 Å². The quantitative estimate of drug-likeness (QED) is 0.577. The zero-order chi connectivity index (χ0) is 20.8. The van der Waals surface area contributed by atoms with Gasteiger partial charge in [-0.15, -0.1) is 11.3 Å². The fraction of sp³-hybridized carbons (Fsp3) is 0.350. The highest BCUT2D eigenvalue weighted by molar-refractivity contribution is 7.15. The van der Waals surface area contributed by atoms with Gasteiger partial charge in [0.05, 0.1) is 25.5 Å². The Morgan fingerprint density at radius 2 is 1.97 bits per heavy atom. The standard InChI is InChI=1S/C20H24N4O4S/c1-4-27-16-7-6-14(10-17(16)28-5-2)21-18(25)13-23(3)12-15-11-19(26)24-8-9-29-20(24)22-15/h6-11H,4-5,12-13H2,1-3H3,(H,21,25). The van der Waals surface area contributed by atoms with Crippen LogP contribution in [-0.2, 0) is 11.3 Å². The summed E-state index contributed by atoms with van der Waals surface area (Å²) < 4.78 is 12.6. The first kappa shape index (κ1) is 20.8. The first-order chi connectivity index (χ1) is 14.0. The van der Waals surface area contributed by atoms with Gasteiger partial charge in [0.2, 0.25) is 5.91 Å². The molecule has 1 aromatic carbocycles. The van der Waals surface area contributed by atoms with Crippen LogP contribution >= 0.6 is 11.3 Å². The molecule has 0 atom stereocenters. The molecule has 154 valence electrons. The molecule has 8 nitrogen and oxygen atoms in total. The molecule has 0 fully saturated rings. The predicted molar refractivity (Wildman–Crippen MR) is 113 cm³/mol. The fourth-order valence-electron chi connectivity index (χ4n) is 2.88. The molecule has 0 aliphatic heterocycles. The third-order valence-corrected chi connectivity index (χ3v) is 4.79. The van der Waals surface area contributed by atoms with Crippen molar-refractivity contribution in [1.82, 2.24) is 14.3 Å². The Bertz CT molecular complexity index is 1050. The molecule has 9 heteroatoms. The smallest absolute Gasteiger partial charge is 0.258 e. The summed E-state index contributed by atoms with van der Waals surface area (Å²) in [7, 11) is 1.81. The van der Waals surface area contributed by atoms with Crippen LogP contribution in [0.5, 0.6) is 11.5 Å². The van der Waals surface area contributed by atoms with Crippen molar-refractivity contribution < 1.29 is 14.3 Å². The maximum absolute atomic E-state index is 12.4. The molecule has 0 saturated heterocycles. The van der Waals surface area contributed by atoms with Crippen LogP contribution in [0.15, 0.2) is 40.6 Å². The van der Waals surface area contributed by atoms with Crippen LogP contribution < -0.4 is 20.3 Å². The number of thiazole rings is 1. The second-order valence-electron chi connectivity index (χ2n) is 6.39. The minimum Gasteiger partial charge on any atom is -0.490 e. The highest BCUT2D eigenvalue weighted by Crippen LogP contribution is 2.30. The molecule has 2 aromatic heterocycles. The minimum atomic E-state index is -0.173. The second kappa shape index (κ2) is 9.53. The van der Waals surface area contributed by atoms with Gasteiger partial charge in [0.1, 0.15) is 0 Å². The molecule has 0 spiro atoms. The highest BCUT2D eigenvalue weighted by atomic mass is 32.1. The summed E-state index contributed by atoms with van der Waals surface area (Å²) in [6.45, 7) is 5.38. The van der Waals surface area contributed by atoms with E-state index in [0.29, 0.717) is 47.6 Å². The number of hydrogen-bond donors (Lipinski definition) is 1. The number of fused-ring (bicyclic) bond motifs is 1. The molecular weight excluding hydrogens is 392 g/mol. The molecule has 29 heavy (non-hydrogen) atoms. The summed E-state index contributed by atoms with van der Waals surface area (Å²) in [6.07, 6.45) is 1.70. The summed E-state index contributed by atoms with van der Waals surface area (Å²) in [6, 6.07) is 6.80. The number of rotatable bonds is 9. The van der Waals surface area contributed by atoms with E-state index < -0.39 is 0 Å². The lowest BCUT2D eigenvalue weighted by molar-refractivity contribution is -0.117. The molecule has 1 amide bonds. The topological polar surface area (TPSA) is 85.2 Å². The van der Waals surface area contributed by atoms with E-state index in [2.05, 4.69) is 10.3 Å². The van der Waals surface area contributed by atoms with Crippen LogP contribution in [0.4, 0.5) is 5.69 Å². The van der Waals surface area contributed by atoms with Gasteiger partial charge >= 0.3 is 0 Å². The largest absolute Gasteiger partial charge is 0.490 e. The van der Waals surface area contributed by atoms with Crippen molar-refractivity contribution >= 4 is 27.9 Å². The van der Waals surface area contributed by atoms with E-state index in [-0.39, 0.29) is 18.0 Å². The van der Waals surface area contributed by atoms with E-state index in [1.165, 1.54) is 21.8 Å². The van der Waals surface area contributed by atoms with Crippen molar-refractivity contribution in [3.63, 3.8) is 0 Å². The van der Waals surface area contributed by atoms with E-state index in [0.717, 1.165) is 0 Å². The molecule has 0 unspecified atom stereocenters. The summed E-state index contributed by atoms with van der Waals surface area (Å²) >= 11 is 1.40. The monoisotopic (exact) mass is 416 g/mol. The van der Waals surface area contributed by atoms with Gasteiger partial charge in [0.25, 0.3) is 5.56 Å². The molecule has 0 aliphatic rings. The number of ether oxygens (including phenoxy) is 2. The lowest BCUT2D eigenvalue weighted by atomic mass is 10.2. The average molecular weight is 417 g/mol. The number of anilines is 1. The van der Waals surface area contributed by atoms with Crippen molar-refractivity contribution in [1.29, 1.82) is 0 Å². The van der Waals surface area contributed by atoms with Gasteiger partial charge in [-0.05, 0) is 33.0 Å². The molecule has 0 saturated carbocycles. The highest BCUT2D eigenvalue weighted by Gasteiger charge is 2.12. The maximum Gasteiger partial charge on any atom is 0.258 e. The van der Waals surface area contributed by atoms with Crippen molar-refractivity contribution in [2.45, 2.75) is 20.4 Å². The second-order valence-corrected chi connectivity index (χ2v) is 7.26. The van der Waals surface area contributed by atoms with Gasteiger partial charge in [-0.1, -0.05) is 0 Å². The number of aromatic nitrogens is 2. The van der Waals surface area contributed by atoms with E-state index >= 15 is 0 Å². The number of amides is 1. The Morgan fingerprint density at radius 3 is 2.72 bits per heavy atom. The Hall–Kier alpha value is -2.91. The lowest BCUT2D eigenvalue weighted by Gasteiger charge is -2.17. The number of carbonyl (C=O) groups excluding carboxylic acids is 1. The fourth-order valence-corrected chi connectivity index (χ4v) is 3.61. The Balaban J connectivity index is 1.62. The minimum absolute atomic E-state index is 0.123. The molecule has 0 bridgehead atoms. The first-order valence-corrected chi connectivity index (χ1v) is 10.2. The van der Waals surface area contributed by atoms with Crippen LogP contribution in [0.25, 0.3) is 4.96 Å². The predicted octanol–water partition coefficient (Wildman–Crippen LogP) is 2.62. The summed E-state index contributed by atoms with van der Waals surface area (Å²) in [5.41, 5.74) is 1.14. The Kier molecular flexibility index (Phi) is 6.84. The normalized spacial score (nSPS) is 11.0. The van der Waals surface area contributed by atoms with Gasteiger partial charge in [-0.2, -0.15) is 0 Å². The lowest BCUT2D eigenvalue weighted by Crippen LogP contribution is -2.30. The zero-order valence-corrected chi connectivity index (χ0v) is 17.5. The van der Waals surface area contributed by atoms with E-state index in [9.17, 15) is 9.59 Å². The van der Waals surface area contributed by atoms with Crippen molar-refractivity contribution in [3.8, 4) is 11.5 Å². The Labute approximate surface area is 172 Å². The summed E-state index contributed by atoms with van der Waals surface area (Å²) in [5.74, 6) is 1.06. The molecular formula is C20H24N4O4S. The number of carbonyl (C=O) groups is 1. The number of benzene rings is 1. The molecule has 0 radical (unpaired) electrons. The molecule has 1 N–H and O–H groups in total. The van der Waals surface area contributed by atoms with Gasteiger partial charge in [-0.3, -0.25) is 18.9 Å². The zero-order valence-electron chi connectivity index (χ0n) is 16.7. The van der Waals surface area contributed by atoms with Crippen molar-refractivity contribution in [2.75, 3.05) is 32.1 Å². The molecule has 3 aromatic rings. The maximum atomic E-state index is 12.4. The molecule has 3 rings (SSSR count). The van der Waals surface area contributed by atoms with Gasteiger partial charge in [-0.25, -0.2) is 4.98 Å². The number of hydrogen-bond acceptors (Lipinski definition) is 7. The van der Waals surface area contributed by atoms with Crippen molar-refractivity contribution in [3.05, 3.63) is 51.9 Å². The first-order valence-electron chi connectivity index (χ1n) is 9.34. The van der Waals surface area contributed by atoms with Crippen molar-refractivity contribution in [2.24, 2.45) is 0 Å². The third-order valence-electron chi connectivity index (χ3n) is 4.03. The summed E-state index contributed by atoms with van der Waals surface area (Å²) in [5, 5.41) is 4.68. The van der Waals surface area contributed by atoms with Crippen LogP contribution in [0.3, 0.4) is 0 Å². The number of nitrogens with zero attached hydrogens (tertiary/aromatic N) is 3. The van der Waals surface area contributed by atoms with Gasteiger partial charge in [0.15, 0.2) is 16.5 Å². The van der Waals surface area contributed by atoms with Crippen LogP contribution in [0, 0.1) is 0 Å². The van der Waals surface area contributed by atoms with Crippen LogP contribution in [-0.4, -0.2) is 47.0 Å². The average Bonchev–Trinajstić information content (AvgIpc) is 3.13. The van der Waals surface area contributed by atoms with Crippen LogP contribution in [0.2, 0.25) is 0 Å².